The van der Waals surface area contributed by atoms with Crippen LogP contribution in [0.25, 0.3) is 0 Å². The van der Waals surface area contributed by atoms with Crippen LogP contribution in [-0.2, 0) is 24.2 Å². The first-order valence-corrected chi connectivity index (χ1v) is 6.67. The molecule has 1 unspecified atom stereocenters. The minimum Gasteiger partial charge on any atom is -0.508 e. The molecule has 1 aromatic heterocycles. The maximum Gasteiger partial charge on any atom is 0.306 e. The minimum absolute atomic E-state index is 0.253. The number of phenolic OH excluding ortho intramolecular Hbond substituents is 1. The molecule has 1 aliphatic rings. The molecule has 0 spiro atoms. The number of phenols is 1. The largest absolute Gasteiger partial charge is 0.508 e. The highest BCUT2D eigenvalue weighted by molar-refractivity contribution is 5.70. The van der Waals surface area contributed by atoms with Crippen molar-refractivity contribution in [1.82, 2.24) is 9.55 Å². The number of aromatic hydroxyl groups is 1. The summed E-state index contributed by atoms with van der Waals surface area (Å²) in [4.78, 5) is 15.5. The van der Waals surface area contributed by atoms with E-state index in [1.807, 2.05) is 12.1 Å². The molecular formula is C15H16N2O3. The first-order chi connectivity index (χ1) is 9.63. The van der Waals surface area contributed by atoms with Crippen molar-refractivity contribution >= 4 is 5.97 Å². The Morgan fingerprint density at radius 2 is 2.10 bits per heavy atom. The summed E-state index contributed by atoms with van der Waals surface area (Å²) in [6, 6.07) is 7.07. The third-order valence-electron chi connectivity index (χ3n) is 3.83. The van der Waals surface area contributed by atoms with Gasteiger partial charge in [-0.1, -0.05) is 12.1 Å². The predicted molar refractivity (Wildman–Crippen MR) is 72.6 cm³/mol. The van der Waals surface area contributed by atoms with Gasteiger partial charge in [0.1, 0.15) is 11.6 Å². The lowest BCUT2D eigenvalue weighted by molar-refractivity contribution is -0.142. The maximum absolute atomic E-state index is 11.0. The highest BCUT2D eigenvalue weighted by Gasteiger charge is 2.26. The van der Waals surface area contributed by atoms with Crippen molar-refractivity contribution < 1.29 is 15.0 Å². The summed E-state index contributed by atoms with van der Waals surface area (Å²) in [5, 5.41) is 18.4. The predicted octanol–water partition coefficient (Wildman–Crippen LogP) is 1.83. The quantitative estimate of drug-likeness (QED) is 0.893. The highest BCUT2D eigenvalue weighted by Crippen LogP contribution is 2.23. The zero-order valence-corrected chi connectivity index (χ0v) is 11.0. The number of imidazole rings is 1. The van der Waals surface area contributed by atoms with Crippen LogP contribution in [0, 0.1) is 5.92 Å². The van der Waals surface area contributed by atoms with Crippen LogP contribution in [0.5, 0.6) is 5.75 Å². The third kappa shape index (κ3) is 2.39. The first-order valence-electron chi connectivity index (χ1n) is 6.67. The average Bonchev–Trinajstić information content (AvgIpc) is 2.84. The number of carboxylic acid groups (broad SMARTS) is 1. The Bertz CT molecular complexity index is 631. The van der Waals surface area contributed by atoms with Crippen LogP contribution in [0.1, 0.15) is 23.5 Å². The first kappa shape index (κ1) is 12.7. The van der Waals surface area contributed by atoms with Crippen molar-refractivity contribution in [3.8, 4) is 5.75 Å². The lowest BCUT2D eigenvalue weighted by Crippen LogP contribution is -2.26. The summed E-state index contributed by atoms with van der Waals surface area (Å²) in [5.41, 5.74) is 2.08. The van der Waals surface area contributed by atoms with Crippen molar-refractivity contribution in [3.63, 3.8) is 0 Å². The van der Waals surface area contributed by atoms with E-state index in [2.05, 4.69) is 9.55 Å². The number of aromatic nitrogens is 2. The normalized spacial score (nSPS) is 17.7. The van der Waals surface area contributed by atoms with Crippen LogP contribution in [0.2, 0.25) is 0 Å². The highest BCUT2D eigenvalue weighted by atomic mass is 16.4. The number of fused-ring (bicyclic) bond motifs is 1. The standard InChI is InChI=1S/C15H16N2O3/c18-13-3-1-10(2-4-13)7-14-16-9-12-8-11(15(19)20)5-6-17(12)14/h1-4,9,11,18H,5-8H2,(H,19,20). The molecule has 2 heterocycles. The molecule has 0 aliphatic carbocycles. The maximum atomic E-state index is 11.0. The van der Waals surface area contributed by atoms with Gasteiger partial charge in [0.2, 0.25) is 0 Å². The van der Waals surface area contributed by atoms with E-state index in [-0.39, 0.29) is 11.7 Å². The van der Waals surface area contributed by atoms with Gasteiger partial charge in [0.15, 0.2) is 0 Å². The Hall–Kier alpha value is -2.30. The van der Waals surface area contributed by atoms with Crippen molar-refractivity contribution in [3.05, 3.63) is 47.5 Å². The Morgan fingerprint density at radius 1 is 1.35 bits per heavy atom. The molecule has 1 aromatic carbocycles. The number of carbonyl (C=O) groups is 1. The van der Waals surface area contributed by atoms with Gasteiger partial charge in [-0.3, -0.25) is 4.79 Å². The minimum atomic E-state index is -0.725. The molecule has 2 aromatic rings. The van der Waals surface area contributed by atoms with Crippen LogP contribution in [0.4, 0.5) is 0 Å². The SMILES string of the molecule is O=C(O)C1CCn2c(cnc2Cc2ccc(O)cc2)C1. The molecule has 0 radical (unpaired) electrons. The van der Waals surface area contributed by atoms with Gasteiger partial charge in [0, 0.05) is 31.3 Å². The second kappa shape index (κ2) is 5.00. The van der Waals surface area contributed by atoms with Gasteiger partial charge >= 0.3 is 5.97 Å². The molecule has 5 heteroatoms. The van der Waals surface area contributed by atoms with E-state index in [9.17, 15) is 9.90 Å². The second-order valence-electron chi connectivity index (χ2n) is 5.19. The molecule has 0 bridgehead atoms. The summed E-state index contributed by atoms with van der Waals surface area (Å²) in [6.45, 7) is 0.708. The third-order valence-corrected chi connectivity index (χ3v) is 3.83. The molecule has 0 fully saturated rings. The molecule has 0 saturated carbocycles. The van der Waals surface area contributed by atoms with Crippen LogP contribution >= 0.6 is 0 Å². The van der Waals surface area contributed by atoms with Crippen molar-refractivity contribution in [2.75, 3.05) is 0 Å². The number of aliphatic carboxylic acids is 1. The van der Waals surface area contributed by atoms with E-state index < -0.39 is 5.97 Å². The van der Waals surface area contributed by atoms with Crippen LogP contribution in [-0.4, -0.2) is 25.7 Å². The Labute approximate surface area is 116 Å². The van der Waals surface area contributed by atoms with Crippen LogP contribution in [0.15, 0.2) is 30.5 Å². The molecule has 0 saturated heterocycles. The second-order valence-corrected chi connectivity index (χ2v) is 5.19. The summed E-state index contributed by atoms with van der Waals surface area (Å²) in [7, 11) is 0. The van der Waals surface area contributed by atoms with Gasteiger partial charge < -0.3 is 14.8 Å². The van der Waals surface area contributed by atoms with E-state index >= 15 is 0 Å². The summed E-state index contributed by atoms with van der Waals surface area (Å²) in [5.74, 6) is 0.191. The molecule has 20 heavy (non-hydrogen) atoms. The van der Waals surface area contributed by atoms with E-state index in [1.54, 1.807) is 18.3 Å². The van der Waals surface area contributed by atoms with Gasteiger partial charge in [-0.2, -0.15) is 0 Å². The molecule has 104 valence electrons. The van der Waals surface area contributed by atoms with Crippen molar-refractivity contribution in [1.29, 1.82) is 0 Å². The Kier molecular flexibility index (Phi) is 3.18. The fourth-order valence-corrected chi connectivity index (χ4v) is 2.68. The van der Waals surface area contributed by atoms with Gasteiger partial charge in [-0.25, -0.2) is 4.98 Å². The Balaban J connectivity index is 1.80. The lowest BCUT2D eigenvalue weighted by Gasteiger charge is -2.22. The Morgan fingerprint density at radius 3 is 2.80 bits per heavy atom. The number of rotatable bonds is 3. The zero-order chi connectivity index (χ0) is 14.1. The summed E-state index contributed by atoms with van der Waals surface area (Å²) in [6.07, 6.45) is 3.68. The molecule has 5 nitrogen and oxygen atoms in total. The number of carboxylic acids is 1. The zero-order valence-electron chi connectivity index (χ0n) is 11.0. The molecule has 0 amide bonds. The molecule has 3 rings (SSSR count). The van der Waals surface area contributed by atoms with Crippen molar-refractivity contribution in [2.24, 2.45) is 5.92 Å². The fourth-order valence-electron chi connectivity index (χ4n) is 2.68. The topological polar surface area (TPSA) is 75.3 Å². The number of hydrogen-bond acceptors (Lipinski definition) is 3. The van der Waals surface area contributed by atoms with Gasteiger partial charge in [0.25, 0.3) is 0 Å². The number of benzene rings is 1. The molecular weight excluding hydrogens is 256 g/mol. The average molecular weight is 272 g/mol. The van der Waals surface area contributed by atoms with Crippen LogP contribution in [0.3, 0.4) is 0 Å². The fraction of sp³-hybridized carbons (Fsp3) is 0.333. The van der Waals surface area contributed by atoms with Gasteiger partial charge in [0.05, 0.1) is 5.92 Å². The molecule has 1 aliphatic heterocycles. The molecule has 2 N–H and O–H groups in total. The van der Waals surface area contributed by atoms with Gasteiger partial charge in [-0.05, 0) is 24.1 Å². The lowest BCUT2D eigenvalue weighted by atomic mass is 9.96. The monoisotopic (exact) mass is 272 g/mol. The van der Waals surface area contributed by atoms with E-state index in [0.717, 1.165) is 17.1 Å². The van der Waals surface area contributed by atoms with E-state index in [4.69, 9.17) is 5.11 Å². The smallest absolute Gasteiger partial charge is 0.306 e. The molecule has 1 atom stereocenters. The van der Waals surface area contributed by atoms with E-state index in [1.165, 1.54) is 0 Å². The number of hydrogen-bond donors (Lipinski definition) is 2. The number of nitrogens with zero attached hydrogens (tertiary/aromatic N) is 2. The summed E-state index contributed by atoms with van der Waals surface area (Å²) >= 11 is 0. The van der Waals surface area contributed by atoms with E-state index in [0.29, 0.717) is 25.8 Å². The van der Waals surface area contributed by atoms with Gasteiger partial charge in [-0.15, -0.1) is 0 Å². The van der Waals surface area contributed by atoms with Crippen LogP contribution < -0.4 is 0 Å². The van der Waals surface area contributed by atoms with Crippen molar-refractivity contribution in [2.45, 2.75) is 25.8 Å². The summed E-state index contributed by atoms with van der Waals surface area (Å²) < 4.78 is 2.12.